The summed E-state index contributed by atoms with van der Waals surface area (Å²) in [5, 5.41) is 2.69. The van der Waals surface area contributed by atoms with Crippen LogP contribution < -0.4 is 16.0 Å². The number of nitrogens with one attached hydrogen (secondary N) is 1. The van der Waals surface area contributed by atoms with Gasteiger partial charge >= 0.3 is 11.8 Å². The Balaban J connectivity index is 1.49. The highest BCUT2D eigenvalue weighted by Crippen LogP contribution is 2.12. The van der Waals surface area contributed by atoms with Gasteiger partial charge < -0.3 is 20.9 Å². The maximum absolute atomic E-state index is 12.3. The van der Waals surface area contributed by atoms with Gasteiger partial charge in [0.15, 0.2) is 0 Å². The fourth-order valence-electron chi connectivity index (χ4n) is 2.95. The van der Waals surface area contributed by atoms with Crippen molar-refractivity contribution in [1.29, 1.82) is 0 Å². The number of rotatable bonds is 4. The summed E-state index contributed by atoms with van der Waals surface area (Å²) in [7, 11) is 0. The number of carbonyl (C=O) groups excluding carboxylic acids is 2. The normalized spacial score (nSPS) is 14.2. The number of anilines is 1. The summed E-state index contributed by atoms with van der Waals surface area (Å²) < 4.78 is 0. The molecule has 1 aromatic carbocycles. The fraction of sp³-hybridized carbons (Fsp3) is 0.316. The number of benzene rings is 1. The van der Waals surface area contributed by atoms with Gasteiger partial charge in [-0.05, 0) is 23.3 Å². The van der Waals surface area contributed by atoms with E-state index in [0.29, 0.717) is 39.3 Å². The molecule has 7 nitrogen and oxygen atoms in total. The Labute approximate surface area is 152 Å². The molecule has 7 heteroatoms. The second-order valence-corrected chi connectivity index (χ2v) is 6.17. The lowest BCUT2D eigenvalue weighted by Crippen LogP contribution is -2.52. The van der Waals surface area contributed by atoms with Crippen molar-refractivity contribution in [3.63, 3.8) is 0 Å². The van der Waals surface area contributed by atoms with Gasteiger partial charge in [0.1, 0.15) is 5.82 Å². The average Bonchev–Trinajstić information content (AvgIpc) is 2.72. The zero-order valence-electron chi connectivity index (χ0n) is 14.6. The molecule has 0 aliphatic carbocycles. The minimum atomic E-state index is -0.575. The molecule has 1 aliphatic rings. The second-order valence-electron chi connectivity index (χ2n) is 6.17. The van der Waals surface area contributed by atoms with Crippen LogP contribution in [0, 0.1) is 0 Å². The molecular weight excluding hydrogens is 330 g/mol. The van der Waals surface area contributed by atoms with Crippen molar-refractivity contribution in [3.05, 3.63) is 59.8 Å². The Bertz CT molecular complexity index is 758. The minimum Gasteiger partial charge on any atom is -0.353 e. The van der Waals surface area contributed by atoms with Crippen molar-refractivity contribution in [3.8, 4) is 0 Å². The number of hydrogen-bond donors (Lipinski definition) is 2. The van der Waals surface area contributed by atoms with Crippen LogP contribution in [0.3, 0.4) is 0 Å². The van der Waals surface area contributed by atoms with E-state index in [1.165, 1.54) is 0 Å². The molecule has 0 atom stereocenters. The summed E-state index contributed by atoms with van der Waals surface area (Å²) in [6.07, 6.45) is 1.75. The first kappa shape index (κ1) is 17.9. The maximum Gasteiger partial charge on any atom is 0.312 e. The number of carbonyl (C=O) groups is 2. The van der Waals surface area contributed by atoms with Crippen LogP contribution in [0.4, 0.5) is 5.82 Å². The van der Waals surface area contributed by atoms with Gasteiger partial charge in [-0.25, -0.2) is 4.98 Å². The number of pyridine rings is 1. The van der Waals surface area contributed by atoms with Crippen LogP contribution in [0.25, 0.3) is 0 Å². The van der Waals surface area contributed by atoms with E-state index >= 15 is 0 Å². The third-order valence-electron chi connectivity index (χ3n) is 4.41. The molecule has 0 bridgehead atoms. The lowest BCUT2D eigenvalue weighted by atomic mass is 10.1. The van der Waals surface area contributed by atoms with Crippen molar-refractivity contribution in [2.75, 3.05) is 31.1 Å². The third kappa shape index (κ3) is 4.37. The Morgan fingerprint density at radius 2 is 1.81 bits per heavy atom. The van der Waals surface area contributed by atoms with E-state index in [2.05, 4.69) is 15.2 Å². The van der Waals surface area contributed by atoms with Crippen molar-refractivity contribution in [2.24, 2.45) is 5.73 Å². The summed E-state index contributed by atoms with van der Waals surface area (Å²) in [5.74, 6) is -0.168. The topological polar surface area (TPSA) is 91.6 Å². The van der Waals surface area contributed by atoms with E-state index in [1.807, 2.05) is 42.5 Å². The molecule has 0 unspecified atom stereocenters. The number of amides is 2. The van der Waals surface area contributed by atoms with Gasteiger partial charge in [0.05, 0.1) is 0 Å². The van der Waals surface area contributed by atoms with Gasteiger partial charge in [-0.15, -0.1) is 0 Å². The SMILES string of the molecule is NCc1cccc(CNC(=O)C(=O)N2CCN(c3ccccn3)CC2)c1. The van der Waals surface area contributed by atoms with Crippen LogP contribution in [0.2, 0.25) is 0 Å². The van der Waals surface area contributed by atoms with Crippen molar-refractivity contribution >= 4 is 17.6 Å². The van der Waals surface area contributed by atoms with E-state index < -0.39 is 11.8 Å². The van der Waals surface area contributed by atoms with Gasteiger partial charge in [-0.1, -0.05) is 30.3 Å². The lowest BCUT2D eigenvalue weighted by molar-refractivity contribution is -0.146. The van der Waals surface area contributed by atoms with Crippen LogP contribution >= 0.6 is 0 Å². The molecule has 0 saturated carbocycles. The van der Waals surface area contributed by atoms with Gasteiger partial charge in [0, 0.05) is 45.5 Å². The molecule has 3 N–H and O–H groups in total. The molecule has 1 fully saturated rings. The summed E-state index contributed by atoms with van der Waals surface area (Å²) in [6, 6.07) is 13.4. The zero-order chi connectivity index (χ0) is 18.4. The molecule has 1 aromatic heterocycles. The zero-order valence-corrected chi connectivity index (χ0v) is 14.6. The predicted molar refractivity (Wildman–Crippen MR) is 99.2 cm³/mol. The molecule has 136 valence electrons. The monoisotopic (exact) mass is 353 g/mol. The number of aromatic nitrogens is 1. The highest BCUT2D eigenvalue weighted by atomic mass is 16.2. The molecule has 0 radical (unpaired) electrons. The van der Waals surface area contributed by atoms with Gasteiger partial charge in [-0.3, -0.25) is 9.59 Å². The molecule has 1 saturated heterocycles. The molecule has 2 aromatic rings. The van der Waals surface area contributed by atoms with E-state index in [9.17, 15) is 9.59 Å². The summed E-state index contributed by atoms with van der Waals surface area (Å²) in [4.78, 5) is 32.5. The second kappa shape index (κ2) is 8.44. The quantitative estimate of drug-likeness (QED) is 0.782. The smallest absolute Gasteiger partial charge is 0.312 e. The average molecular weight is 353 g/mol. The van der Waals surface area contributed by atoms with Crippen molar-refractivity contribution in [1.82, 2.24) is 15.2 Å². The Morgan fingerprint density at radius 3 is 2.50 bits per heavy atom. The van der Waals surface area contributed by atoms with Crippen molar-refractivity contribution in [2.45, 2.75) is 13.1 Å². The first-order chi connectivity index (χ1) is 12.7. The fourth-order valence-corrected chi connectivity index (χ4v) is 2.95. The van der Waals surface area contributed by atoms with Crippen LogP contribution in [0.1, 0.15) is 11.1 Å². The maximum atomic E-state index is 12.3. The van der Waals surface area contributed by atoms with E-state index in [1.54, 1.807) is 11.1 Å². The number of piperazine rings is 1. The van der Waals surface area contributed by atoms with E-state index in [0.717, 1.165) is 16.9 Å². The molecule has 3 rings (SSSR count). The first-order valence-electron chi connectivity index (χ1n) is 8.68. The van der Waals surface area contributed by atoms with Gasteiger partial charge in [0.2, 0.25) is 0 Å². The van der Waals surface area contributed by atoms with Crippen LogP contribution in [-0.2, 0) is 22.7 Å². The van der Waals surface area contributed by atoms with E-state index in [4.69, 9.17) is 5.73 Å². The highest BCUT2D eigenvalue weighted by molar-refractivity contribution is 6.35. The third-order valence-corrected chi connectivity index (χ3v) is 4.41. The van der Waals surface area contributed by atoms with Gasteiger partial charge in [-0.2, -0.15) is 0 Å². The lowest BCUT2D eigenvalue weighted by Gasteiger charge is -2.35. The number of nitrogens with two attached hydrogens (primary N) is 1. The first-order valence-corrected chi connectivity index (χ1v) is 8.68. The number of hydrogen-bond acceptors (Lipinski definition) is 5. The summed E-state index contributed by atoms with van der Waals surface area (Å²) in [5.41, 5.74) is 7.54. The molecule has 1 aliphatic heterocycles. The van der Waals surface area contributed by atoms with Crippen LogP contribution in [0.5, 0.6) is 0 Å². The molecule has 2 heterocycles. The highest BCUT2D eigenvalue weighted by Gasteiger charge is 2.26. The van der Waals surface area contributed by atoms with Crippen LogP contribution in [0.15, 0.2) is 48.7 Å². The van der Waals surface area contributed by atoms with Crippen LogP contribution in [-0.4, -0.2) is 47.9 Å². The molecule has 0 spiro atoms. The van der Waals surface area contributed by atoms with Gasteiger partial charge in [0.25, 0.3) is 0 Å². The largest absolute Gasteiger partial charge is 0.353 e. The Hall–Kier alpha value is -2.93. The Kier molecular flexibility index (Phi) is 5.80. The standard InChI is InChI=1S/C19H23N5O2/c20-13-15-4-3-5-16(12-15)14-22-18(25)19(26)24-10-8-23(9-11-24)17-6-1-2-7-21-17/h1-7,12H,8-11,13-14,20H2,(H,22,25). The molecule has 26 heavy (non-hydrogen) atoms. The summed E-state index contributed by atoms with van der Waals surface area (Å²) in [6.45, 7) is 3.09. The number of nitrogens with zero attached hydrogens (tertiary/aromatic N) is 3. The van der Waals surface area contributed by atoms with Crippen molar-refractivity contribution < 1.29 is 9.59 Å². The minimum absolute atomic E-state index is 0.312. The predicted octanol–water partition coefficient (Wildman–Crippen LogP) is 0.505. The molecule has 2 amide bonds. The Morgan fingerprint density at radius 1 is 1.04 bits per heavy atom. The van der Waals surface area contributed by atoms with E-state index in [-0.39, 0.29) is 0 Å². The summed E-state index contributed by atoms with van der Waals surface area (Å²) >= 11 is 0. The molecular formula is C19H23N5O2.